The van der Waals surface area contributed by atoms with Gasteiger partial charge in [0.25, 0.3) is 0 Å². The molecule has 4 N–H and O–H groups in total. The van der Waals surface area contributed by atoms with Gasteiger partial charge in [-0.1, -0.05) is 30.3 Å². The van der Waals surface area contributed by atoms with E-state index in [2.05, 4.69) is 0 Å². The van der Waals surface area contributed by atoms with E-state index < -0.39 is 11.9 Å². The molecule has 0 bridgehead atoms. The normalized spacial score (nSPS) is 10.3. The average Bonchev–Trinajstić information content (AvgIpc) is 2.47. The van der Waals surface area contributed by atoms with Crippen molar-refractivity contribution in [3.63, 3.8) is 0 Å². The first kappa shape index (κ1) is 14.7. The van der Waals surface area contributed by atoms with Crippen LogP contribution in [0, 0.1) is 0 Å². The second kappa shape index (κ2) is 6.19. The molecule has 0 amide bonds. The van der Waals surface area contributed by atoms with E-state index >= 15 is 0 Å². The maximum Gasteiger partial charge on any atom is 0.336 e. The Kier molecular flexibility index (Phi) is 4.35. The number of carbonyl (C=O) groups is 2. The molecule has 2 aromatic rings. The van der Waals surface area contributed by atoms with Crippen LogP contribution in [0.2, 0.25) is 0 Å². The van der Waals surface area contributed by atoms with Crippen molar-refractivity contribution >= 4 is 11.9 Å². The predicted octanol–water partition coefficient (Wildman–Crippen LogP) is 2.13. The number of aromatic carboxylic acids is 2. The molecule has 0 atom stereocenters. The first-order valence-corrected chi connectivity index (χ1v) is 6.39. The molecule has 0 heterocycles. The van der Waals surface area contributed by atoms with Crippen molar-refractivity contribution < 1.29 is 19.8 Å². The maximum atomic E-state index is 11.3. The van der Waals surface area contributed by atoms with Crippen LogP contribution in [0.5, 0.6) is 0 Å². The van der Waals surface area contributed by atoms with Gasteiger partial charge in [-0.3, -0.25) is 0 Å². The molecule has 2 rings (SSSR count). The monoisotopic (exact) mass is 285 g/mol. The first-order valence-electron chi connectivity index (χ1n) is 6.39. The minimum atomic E-state index is -1.15. The number of benzene rings is 2. The summed E-state index contributed by atoms with van der Waals surface area (Å²) >= 11 is 0. The molecule has 0 aromatic heterocycles. The van der Waals surface area contributed by atoms with E-state index in [1.54, 1.807) is 6.07 Å². The molecule has 0 unspecified atom stereocenters. The fourth-order valence-electron chi connectivity index (χ4n) is 2.20. The molecule has 0 spiro atoms. The summed E-state index contributed by atoms with van der Waals surface area (Å²) in [7, 11) is 0. The Balaban J connectivity index is 2.44. The molecule has 21 heavy (non-hydrogen) atoms. The molecule has 2 aromatic carbocycles. The van der Waals surface area contributed by atoms with Crippen molar-refractivity contribution in [1.82, 2.24) is 0 Å². The van der Waals surface area contributed by atoms with Crippen LogP contribution in [0.4, 0.5) is 0 Å². The fraction of sp³-hybridized carbons (Fsp3) is 0.125. The standard InChI is InChI=1S/C16H15NO4/c17-9-13-4-2-1-3-10(13)7-11-5-6-12(15(18)19)8-14(11)16(20)21/h1-6,8H,7,9,17H2,(H,18,19)(H,20,21). The first-order chi connectivity index (χ1) is 10.0. The smallest absolute Gasteiger partial charge is 0.336 e. The van der Waals surface area contributed by atoms with E-state index in [1.165, 1.54) is 12.1 Å². The Morgan fingerprint density at radius 1 is 0.905 bits per heavy atom. The van der Waals surface area contributed by atoms with Gasteiger partial charge in [0.2, 0.25) is 0 Å². The Bertz CT molecular complexity index is 694. The minimum absolute atomic E-state index is 0.00160. The largest absolute Gasteiger partial charge is 0.478 e. The van der Waals surface area contributed by atoms with Crippen molar-refractivity contribution in [1.29, 1.82) is 0 Å². The van der Waals surface area contributed by atoms with E-state index in [4.69, 9.17) is 10.8 Å². The molecule has 0 radical (unpaired) electrons. The molecule has 5 nitrogen and oxygen atoms in total. The zero-order valence-corrected chi connectivity index (χ0v) is 11.2. The summed E-state index contributed by atoms with van der Waals surface area (Å²) in [4.78, 5) is 22.3. The Labute approximate surface area is 121 Å². The second-order valence-electron chi connectivity index (χ2n) is 4.63. The number of nitrogens with two attached hydrogens (primary N) is 1. The van der Waals surface area contributed by atoms with Gasteiger partial charge in [0, 0.05) is 6.54 Å². The van der Waals surface area contributed by atoms with Crippen LogP contribution in [-0.4, -0.2) is 22.2 Å². The van der Waals surface area contributed by atoms with E-state index in [9.17, 15) is 14.7 Å². The number of carboxylic acids is 2. The van der Waals surface area contributed by atoms with Crippen LogP contribution in [0.1, 0.15) is 37.4 Å². The molecular formula is C16H15NO4. The number of carboxylic acid groups (broad SMARTS) is 2. The molecule has 0 aliphatic carbocycles. The maximum absolute atomic E-state index is 11.3. The molecule has 108 valence electrons. The van der Waals surface area contributed by atoms with E-state index in [1.807, 2.05) is 24.3 Å². The predicted molar refractivity (Wildman–Crippen MR) is 77.5 cm³/mol. The van der Waals surface area contributed by atoms with E-state index in [0.29, 0.717) is 18.5 Å². The number of hydrogen-bond acceptors (Lipinski definition) is 3. The third kappa shape index (κ3) is 3.27. The highest BCUT2D eigenvalue weighted by Crippen LogP contribution is 2.19. The average molecular weight is 285 g/mol. The van der Waals surface area contributed by atoms with Crippen LogP contribution < -0.4 is 5.73 Å². The van der Waals surface area contributed by atoms with Gasteiger partial charge >= 0.3 is 11.9 Å². The third-order valence-corrected chi connectivity index (χ3v) is 3.31. The van der Waals surface area contributed by atoms with Gasteiger partial charge in [-0.05, 0) is 35.2 Å². The minimum Gasteiger partial charge on any atom is -0.478 e. The highest BCUT2D eigenvalue weighted by atomic mass is 16.4. The SMILES string of the molecule is NCc1ccccc1Cc1ccc(C(=O)O)cc1C(=O)O. The summed E-state index contributed by atoms with van der Waals surface area (Å²) < 4.78 is 0. The summed E-state index contributed by atoms with van der Waals surface area (Å²) in [6.07, 6.45) is 0.398. The lowest BCUT2D eigenvalue weighted by Crippen LogP contribution is -2.08. The van der Waals surface area contributed by atoms with Crippen molar-refractivity contribution in [3.8, 4) is 0 Å². The number of hydrogen-bond donors (Lipinski definition) is 3. The van der Waals surface area contributed by atoms with Crippen molar-refractivity contribution in [2.24, 2.45) is 5.73 Å². The van der Waals surface area contributed by atoms with Crippen molar-refractivity contribution in [2.75, 3.05) is 0 Å². The van der Waals surface area contributed by atoms with Gasteiger partial charge in [-0.2, -0.15) is 0 Å². The van der Waals surface area contributed by atoms with Crippen LogP contribution in [0.25, 0.3) is 0 Å². The Morgan fingerprint density at radius 2 is 1.57 bits per heavy atom. The van der Waals surface area contributed by atoms with E-state index in [0.717, 1.165) is 11.1 Å². The summed E-state index contributed by atoms with van der Waals surface area (Å²) in [5.41, 5.74) is 8.07. The molecule has 0 fully saturated rings. The van der Waals surface area contributed by atoms with Gasteiger partial charge in [0.05, 0.1) is 11.1 Å². The van der Waals surface area contributed by atoms with Crippen molar-refractivity contribution in [3.05, 3.63) is 70.3 Å². The molecule has 5 heteroatoms. The molecule has 0 aliphatic heterocycles. The Morgan fingerprint density at radius 3 is 2.14 bits per heavy atom. The molecule has 0 aliphatic rings. The van der Waals surface area contributed by atoms with Crippen LogP contribution in [0.15, 0.2) is 42.5 Å². The lowest BCUT2D eigenvalue weighted by atomic mass is 9.95. The van der Waals surface area contributed by atoms with Gasteiger partial charge in [-0.25, -0.2) is 9.59 Å². The highest BCUT2D eigenvalue weighted by molar-refractivity contribution is 5.95. The quantitative estimate of drug-likeness (QED) is 0.781. The lowest BCUT2D eigenvalue weighted by molar-refractivity contribution is 0.0695. The summed E-state index contributed by atoms with van der Waals surface area (Å²) in [6, 6.07) is 11.7. The van der Waals surface area contributed by atoms with Gasteiger partial charge in [0.15, 0.2) is 0 Å². The highest BCUT2D eigenvalue weighted by Gasteiger charge is 2.15. The second-order valence-corrected chi connectivity index (χ2v) is 4.63. The van der Waals surface area contributed by atoms with Crippen LogP contribution in [0.3, 0.4) is 0 Å². The molecular weight excluding hydrogens is 270 g/mol. The summed E-state index contributed by atoms with van der Waals surface area (Å²) in [5.74, 6) is -2.29. The zero-order chi connectivity index (χ0) is 15.4. The summed E-state index contributed by atoms with van der Waals surface area (Å²) in [6.45, 7) is 0.367. The summed E-state index contributed by atoms with van der Waals surface area (Å²) in [5, 5.41) is 18.2. The van der Waals surface area contributed by atoms with Gasteiger partial charge < -0.3 is 15.9 Å². The topological polar surface area (TPSA) is 101 Å². The fourth-order valence-corrected chi connectivity index (χ4v) is 2.20. The van der Waals surface area contributed by atoms with Gasteiger partial charge in [-0.15, -0.1) is 0 Å². The Hall–Kier alpha value is -2.66. The number of rotatable bonds is 5. The van der Waals surface area contributed by atoms with Crippen LogP contribution >= 0.6 is 0 Å². The molecule has 0 saturated carbocycles. The van der Waals surface area contributed by atoms with Crippen molar-refractivity contribution in [2.45, 2.75) is 13.0 Å². The van der Waals surface area contributed by atoms with Gasteiger partial charge in [0.1, 0.15) is 0 Å². The molecule has 0 saturated heterocycles. The zero-order valence-electron chi connectivity index (χ0n) is 11.2. The van der Waals surface area contributed by atoms with Crippen LogP contribution in [-0.2, 0) is 13.0 Å². The van der Waals surface area contributed by atoms with E-state index in [-0.39, 0.29) is 11.1 Å². The third-order valence-electron chi connectivity index (χ3n) is 3.31. The lowest BCUT2D eigenvalue weighted by Gasteiger charge is -2.10.